The SMILES string of the molecule is CCOC(=O)C1Sc2nc(C)cc(C)c2C1=[N+]=[N-]. The summed E-state index contributed by atoms with van der Waals surface area (Å²) in [6.45, 7) is 5.85. The largest absolute Gasteiger partial charge is 0.465 e. The minimum atomic E-state index is -0.627. The zero-order valence-corrected chi connectivity index (χ0v) is 11.2. The molecular formula is C12H13N3O2S. The van der Waals surface area contributed by atoms with Gasteiger partial charge in [0.05, 0.1) is 12.2 Å². The number of hydrogen-bond donors (Lipinski definition) is 0. The summed E-state index contributed by atoms with van der Waals surface area (Å²) in [4.78, 5) is 19.4. The second-order valence-electron chi connectivity index (χ2n) is 4.00. The van der Waals surface area contributed by atoms with E-state index >= 15 is 0 Å². The Balaban J connectivity index is 2.47. The van der Waals surface area contributed by atoms with E-state index < -0.39 is 11.2 Å². The highest BCUT2D eigenvalue weighted by atomic mass is 32.2. The monoisotopic (exact) mass is 263 g/mol. The molecule has 0 fully saturated rings. The van der Waals surface area contributed by atoms with Gasteiger partial charge in [-0.1, -0.05) is 11.8 Å². The highest BCUT2D eigenvalue weighted by molar-refractivity contribution is 8.02. The molecule has 0 aliphatic carbocycles. The molecule has 0 amide bonds. The van der Waals surface area contributed by atoms with Crippen LogP contribution in [0.25, 0.3) is 5.53 Å². The predicted octanol–water partition coefficient (Wildman–Crippen LogP) is 1.75. The number of pyridine rings is 1. The highest BCUT2D eigenvalue weighted by Gasteiger charge is 2.44. The summed E-state index contributed by atoms with van der Waals surface area (Å²) in [5, 5.41) is 0.0938. The van der Waals surface area contributed by atoms with Gasteiger partial charge in [-0.05, 0) is 32.4 Å². The van der Waals surface area contributed by atoms with E-state index in [-0.39, 0.29) is 0 Å². The molecule has 1 aromatic rings. The van der Waals surface area contributed by atoms with Crippen molar-refractivity contribution >= 4 is 23.4 Å². The Kier molecular flexibility index (Phi) is 3.50. The van der Waals surface area contributed by atoms with Crippen molar-refractivity contribution in [3.05, 3.63) is 28.4 Å². The van der Waals surface area contributed by atoms with Crippen LogP contribution < -0.4 is 0 Å². The van der Waals surface area contributed by atoms with Crippen LogP contribution in [0, 0.1) is 13.8 Å². The Morgan fingerprint density at radius 3 is 2.94 bits per heavy atom. The number of nitrogens with zero attached hydrogens (tertiary/aromatic N) is 3. The molecule has 0 saturated carbocycles. The quantitative estimate of drug-likeness (QED) is 0.463. The number of ether oxygens (including phenoxy) is 1. The van der Waals surface area contributed by atoms with Crippen LogP contribution in [0.15, 0.2) is 11.1 Å². The number of carbonyl (C=O) groups is 1. The van der Waals surface area contributed by atoms with Crippen LogP contribution >= 0.6 is 11.8 Å². The molecule has 6 heteroatoms. The van der Waals surface area contributed by atoms with E-state index in [2.05, 4.69) is 9.77 Å². The summed E-state index contributed by atoms with van der Waals surface area (Å²) in [6, 6.07) is 1.90. The molecule has 94 valence electrons. The number of rotatable bonds is 2. The van der Waals surface area contributed by atoms with Crippen LogP contribution in [0.5, 0.6) is 0 Å². The van der Waals surface area contributed by atoms with E-state index in [4.69, 9.17) is 10.3 Å². The van der Waals surface area contributed by atoms with Gasteiger partial charge < -0.3 is 10.3 Å². The molecule has 18 heavy (non-hydrogen) atoms. The fourth-order valence-corrected chi connectivity index (χ4v) is 3.22. The molecule has 1 aliphatic rings. The summed E-state index contributed by atoms with van der Waals surface area (Å²) in [5.74, 6) is -0.398. The van der Waals surface area contributed by atoms with Crippen LogP contribution in [-0.2, 0) is 9.53 Å². The Morgan fingerprint density at radius 2 is 2.33 bits per heavy atom. The molecule has 2 rings (SSSR count). The second kappa shape index (κ2) is 4.92. The maximum Gasteiger partial charge on any atom is 0.331 e. The van der Waals surface area contributed by atoms with E-state index in [1.54, 1.807) is 6.92 Å². The fourth-order valence-electron chi connectivity index (χ4n) is 1.98. The van der Waals surface area contributed by atoms with Gasteiger partial charge in [0, 0.05) is 5.69 Å². The number of esters is 1. The van der Waals surface area contributed by atoms with Crippen molar-refractivity contribution < 1.29 is 14.3 Å². The zero-order valence-electron chi connectivity index (χ0n) is 10.4. The van der Waals surface area contributed by atoms with Crippen LogP contribution in [0.3, 0.4) is 0 Å². The predicted molar refractivity (Wildman–Crippen MR) is 67.7 cm³/mol. The lowest BCUT2D eigenvalue weighted by atomic mass is 10.0. The van der Waals surface area contributed by atoms with Gasteiger partial charge in [0.1, 0.15) is 5.03 Å². The first kappa shape index (κ1) is 12.8. The molecular weight excluding hydrogens is 250 g/mol. The van der Waals surface area contributed by atoms with Crippen LogP contribution in [0.1, 0.15) is 23.7 Å². The molecule has 0 N–H and O–H groups in total. The Morgan fingerprint density at radius 1 is 1.61 bits per heavy atom. The summed E-state index contributed by atoms with van der Waals surface area (Å²) < 4.78 is 4.98. The summed E-state index contributed by atoms with van der Waals surface area (Å²) in [5.41, 5.74) is 12.0. The number of hydrogen-bond acceptors (Lipinski definition) is 4. The topological polar surface area (TPSA) is 75.6 Å². The van der Waals surface area contributed by atoms with E-state index in [9.17, 15) is 4.79 Å². The number of carbonyl (C=O) groups excluding carboxylic acids is 1. The number of thioether (sulfide) groups is 1. The normalized spacial score (nSPS) is 17.3. The van der Waals surface area contributed by atoms with Crippen LogP contribution in [0.2, 0.25) is 0 Å². The number of fused-ring (bicyclic) bond motifs is 1. The maximum absolute atomic E-state index is 11.8. The van der Waals surface area contributed by atoms with Crippen molar-refractivity contribution in [3.8, 4) is 0 Å². The lowest BCUT2D eigenvalue weighted by Crippen LogP contribution is -2.27. The first-order valence-electron chi connectivity index (χ1n) is 5.62. The Hall–Kier alpha value is -1.65. The average molecular weight is 263 g/mol. The second-order valence-corrected chi connectivity index (χ2v) is 5.09. The zero-order chi connectivity index (χ0) is 13.3. The van der Waals surface area contributed by atoms with Gasteiger partial charge in [-0.2, -0.15) is 4.79 Å². The van der Waals surface area contributed by atoms with Crippen molar-refractivity contribution in [1.29, 1.82) is 0 Å². The standard InChI is InChI=1S/C12H13N3O2S/c1-4-17-12(16)10-9(15-13)8-6(2)5-7(3)14-11(8)18-10/h5,10H,4H2,1-3H3. The summed E-state index contributed by atoms with van der Waals surface area (Å²) in [6.07, 6.45) is 0. The van der Waals surface area contributed by atoms with Crippen molar-refractivity contribution in [1.82, 2.24) is 4.98 Å². The maximum atomic E-state index is 11.8. The molecule has 1 aliphatic heterocycles. The highest BCUT2D eigenvalue weighted by Crippen LogP contribution is 2.37. The molecule has 1 unspecified atom stereocenters. The molecule has 1 aromatic heterocycles. The molecule has 2 heterocycles. The molecule has 0 bridgehead atoms. The Bertz CT molecular complexity index is 565. The van der Waals surface area contributed by atoms with Crippen LogP contribution in [-0.4, -0.2) is 33.3 Å². The molecule has 5 nitrogen and oxygen atoms in total. The van der Waals surface area contributed by atoms with Gasteiger partial charge >= 0.3 is 11.7 Å². The van der Waals surface area contributed by atoms with Gasteiger partial charge in [-0.25, -0.2) is 4.98 Å². The van der Waals surface area contributed by atoms with Gasteiger partial charge in [0.25, 0.3) is 0 Å². The van der Waals surface area contributed by atoms with Crippen molar-refractivity contribution in [2.75, 3.05) is 6.61 Å². The summed E-state index contributed by atoms with van der Waals surface area (Å²) >= 11 is 1.27. The number of aryl methyl sites for hydroxylation is 2. The Labute approximate surface area is 109 Å². The van der Waals surface area contributed by atoms with E-state index in [0.717, 1.165) is 21.8 Å². The third-order valence-corrected chi connectivity index (χ3v) is 3.82. The van der Waals surface area contributed by atoms with Gasteiger partial charge in [-0.15, -0.1) is 0 Å². The average Bonchev–Trinajstić information content (AvgIpc) is 2.67. The van der Waals surface area contributed by atoms with Gasteiger partial charge in [-0.3, -0.25) is 4.79 Å². The minimum Gasteiger partial charge on any atom is -0.465 e. The van der Waals surface area contributed by atoms with Gasteiger partial charge in [0.15, 0.2) is 0 Å². The molecule has 1 atom stereocenters. The number of aromatic nitrogens is 1. The first-order chi connectivity index (χ1) is 8.58. The lowest BCUT2D eigenvalue weighted by Gasteiger charge is -2.03. The van der Waals surface area contributed by atoms with E-state index in [1.807, 2.05) is 19.9 Å². The van der Waals surface area contributed by atoms with Crippen molar-refractivity contribution in [2.24, 2.45) is 0 Å². The molecule has 0 spiro atoms. The fraction of sp³-hybridized carbons (Fsp3) is 0.417. The molecule has 0 saturated heterocycles. The van der Waals surface area contributed by atoms with Crippen LogP contribution in [0.4, 0.5) is 0 Å². The molecule has 0 aromatic carbocycles. The van der Waals surface area contributed by atoms with Crippen molar-refractivity contribution in [2.45, 2.75) is 31.0 Å². The lowest BCUT2D eigenvalue weighted by molar-refractivity contribution is -0.141. The summed E-state index contributed by atoms with van der Waals surface area (Å²) in [7, 11) is 0. The van der Waals surface area contributed by atoms with E-state index in [1.165, 1.54) is 11.8 Å². The third kappa shape index (κ3) is 2.05. The molecule has 0 radical (unpaired) electrons. The van der Waals surface area contributed by atoms with Gasteiger partial charge in [0.2, 0.25) is 5.25 Å². The third-order valence-electron chi connectivity index (χ3n) is 2.65. The van der Waals surface area contributed by atoms with E-state index in [0.29, 0.717) is 12.3 Å². The van der Waals surface area contributed by atoms with Crippen molar-refractivity contribution in [3.63, 3.8) is 0 Å². The smallest absolute Gasteiger partial charge is 0.331 e. The first-order valence-corrected chi connectivity index (χ1v) is 6.50. The minimum absolute atomic E-state index is 0.302.